The fourth-order valence-corrected chi connectivity index (χ4v) is 2.23. The molecule has 0 radical (unpaired) electrons. The van der Waals surface area contributed by atoms with Gasteiger partial charge in [-0.05, 0) is 52.1 Å². The normalized spacial score (nSPS) is 16.6. The first kappa shape index (κ1) is 15.7. The maximum atomic E-state index is 11.8. The zero-order chi connectivity index (χ0) is 11.1. The summed E-state index contributed by atoms with van der Waals surface area (Å²) in [6.45, 7) is 8.05. The summed E-state index contributed by atoms with van der Waals surface area (Å²) in [5.74, 6) is 1.10. The molecule has 1 amide bonds. The average molecular weight is 249 g/mol. The number of amides is 1. The van der Waals surface area contributed by atoms with Crippen molar-refractivity contribution in [3.8, 4) is 0 Å². The molecule has 0 aromatic heterocycles. The number of nitrogens with zero attached hydrogens (tertiary/aromatic N) is 1. The van der Waals surface area contributed by atoms with E-state index in [2.05, 4.69) is 5.32 Å². The highest BCUT2D eigenvalue weighted by Crippen LogP contribution is 2.18. The molecular weight excluding hydrogens is 224 g/mol. The minimum atomic E-state index is 0. The van der Waals surface area contributed by atoms with E-state index in [0.717, 1.165) is 44.9 Å². The number of rotatable bonds is 5. The van der Waals surface area contributed by atoms with Gasteiger partial charge in [-0.3, -0.25) is 4.79 Å². The monoisotopic (exact) mass is 248 g/mol. The first-order valence-electron chi connectivity index (χ1n) is 6.26. The number of carbonyl (C=O) groups is 1. The lowest BCUT2D eigenvalue weighted by Crippen LogP contribution is -2.32. The SMILES string of the molecule is CCN(CC)C(=O)CCC1CCNCC1.Cl. The first-order valence-corrected chi connectivity index (χ1v) is 6.26. The molecule has 0 unspecified atom stereocenters. The van der Waals surface area contributed by atoms with Crippen LogP contribution in [0.1, 0.15) is 39.5 Å². The topological polar surface area (TPSA) is 32.3 Å². The zero-order valence-electron chi connectivity index (χ0n) is 10.5. The third kappa shape index (κ3) is 5.17. The van der Waals surface area contributed by atoms with Crippen molar-refractivity contribution in [2.75, 3.05) is 26.2 Å². The van der Waals surface area contributed by atoms with Crippen LogP contribution in [0, 0.1) is 5.92 Å². The maximum absolute atomic E-state index is 11.8. The standard InChI is InChI=1S/C12H24N2O.ClH/c1-3-14(4-2)12(15)6-5-11-7-9-13-10-8-11;/h11,13H,3-10H2,1-2H3;1H. The molecule has 1 heterocycles. The van der Waals surface area contributed by atoms with Gasteiger partial charge in [0.15, 0.2) is 0 Å². The molecule has 1 aliphatic heterocycles. The smallest absolute Gasteiger partial charge is 0.222 e. The van der Waals surface area contributed by atoms with Gasteiger partial charge in [-0.25, -0.2) is 0 Å². The second-order valence-electron chi connectivity index (χ2n) is 4.30. The van der Waals surface area contributed by atoms with Crippen LogP contribution in [0.4, 0.5) is 0 Å². The second kappa shape index (κ2) is 8.82. The van der Waals surface area contributed by atoms with Crippen LogP contribution >= 0.6 is 12.4 Å². The van der Waals surface area contributed by atoms with E-state index in [-0.39, 0.29) is 12.4 Å². The molecule has 0 saturated carbocycles. The van der Waals surface area contributed by atoms with Crippen LogP contribution in [0.25, 0.3) is 0 Å². The molecule has 4 heteroatoms. The summed E-state index contributed by atoms with van der Waals surface area (Å²) in [6, 6.07) is 0. The second-order valence-corrected chi connectivity index (χ2v) is 4.30. The molecule has 1 saturated heterocycles. The van der Waals surface area contributed by atoms with Gasteiger partial charge in [0.25, 0.3) is 0 Å². The van der Waals surface area contributed by atoms with Crippen molar-refractivity contribution in [3.63, 3.8) is 0 Å². The molecule has 0 aliphatic carbocycles. The molecule has 0 bridgehead atoms. The van der Waals surface area contributed by atoms with Crippen LogP contribution in [0.3, 0.4) is 0 Å². The summed E-state index contributed by atoms with van der Waals surface area (Å²) in [7, 11) is 0. The van der Waals surface area contributed by atoms with Crippen molar-refractivity contribution in [2.24, 2.45) is 5.92 Å². The summed E-state index contributed by atoms with van der Waals surface area (Å²) in [5, 5.41) is 3.35. The molecule has 16 heavy (non-hydrogen) atoms. The van der Waals surface area contributed by atoms with Gasteiger partial charge in [0.05, 0.1) is 0 Å². The highest BCUT2D eigenvalue weighted by molar-refractivity contribution is 5.85. The number of nitrogens with one attached hydrogen (secondary N) is 1. The Hall–Kier alpha value is -0.280. The molecular formula is C12H25ClN2O. The molecule has 96 valence electrons. The Balaban J connectivity index is 0.00000225. The summed E-state index contributed by atoms with van der Waals surface area (Å²) < 4.78 is 0. The van der Waals surface area contributed by atoms with Crippen molar-refractivity contribution in [2.45, 2.75) is 39.5 Å². The molecule has 0 atom stereocenters. The summed E-state index contributed by atoms with van der Waals surface area (Å²) in [6.07, 6.45) is 4.31. The van der Waals surface area contributed by atoms with Crippen LogP contribution in [0.2, 0.25) is 0 Å². The summed E-state index contributed by atoms with van der Waals surface area (Å²) in [5.41, 5.74) is 0. The van der Waals surface area contributed by atoms with Crippen LogP contribution in [-0.2, 0) is 4.79 Å². The Morgan fingerprint density at radius 3 is 2.31 bits per heavy atom. The number of piperidine rings is 1. The van der Waals surface area contributed by atoms with Gasteiger partial charge in [-0.15, -0.1) is 12.4 Å². The first-order chi connectivity index (χ1) is 7.27. The van der Waals surface area contributed by atoms with Gasteiger partial charge >= 0.3 is 0 Å². The number of hydrogen-bond acceptors (Lipinski definition) is 2. The minimum Gasteiger partial charge on any atom is -0.343 e. The third-order valence-corrected chi connectivity index (χ3v) is 3.34. The van der Waals surface area contributed by atoms with Gasteiger partial charge in [0.2, 0.25) is 5.91 Å². The largest absolute Gasteiger partial charge is 0.343 e. The number of hydrogen-bond donors (Lipinski definition) is 1. The van der Waals surface area contributed by atoms with Crippen molar-refractivity contribution >= 4 is 18.3 Å². The Kier molecular flexibility index (Phi) is 8.67. The Bertz CT molecular complexity index is 189. The molecule has 1 rings (SSSR count). The van der Waals surface area contributed by atoms with E-state index in [4.69, 9.17) is 0 Å². The van der Waals surface area contributed by atoms with Gasteiger partial charge < -0.3 is 10.2 Å². The average Bonchev–Trinajstić information content (AvgIpc) is 2.29. The minimum absolute atomic E-state index is 0. The molecule has 1 N–H and O–H groups in total. The molecule has 0 aromatic carbocycles. The van der Waals surface area contributed by atoms with E-state index in [1.807, 2.05) is 18.7 Å². The lowest BCUT2D eigenvalue weighted by molar-refractivity contribution is -0.131. The quantitative estimate of drug-likeness (QED) is 0.808. The molecule has 1 aliphatic rings. The lowest BCUT2D eigenvalue weighted by atomic mass is 9.93. The zero-order valence-corrected chi connectivity index (χ0v) is 11.3. The Labute approximate surface area is 105 Å². The third-order valence-electron chi connectivity index (χ3n) is 3.34. The fourth-order valence-electron chi connectivity index (χ4n) is 2.23. The van der Waals surface area contributed by atoms with E-state index < -0.39 is 0 Å². The van der Waals surface area contributed by atoms with E-state index in [1.54, 1.807) is 0 Å². The van der Waals surface area contributed by atoms with Crippen LogP contribution in [0.15, 0.2) is 0 Å². The van der Waals surface area contributed by atoms with Gasteiger partial charge in [0, 0.05) is 19.5 Å². The summed E-state index contributed by atoms with van der Waals surface area (Å²) >= 11 is 0. The Morgan fingerprint density at radius 1 is 1.25 bits per heavy atom. The molecule has 0 aromatic rings. The van der Waals surface area contributed by atoms with Crippen LogP contribution in [-0.4, -0.2) is 37.0 Å². The van der Waals surface area contributed by atoms with Gasteiger partial charge in [-0.2, -0.15) is 0 Å². The van der Waals surface area contributed by atoms with Crippen LogP contribution in [0.5, 0.6) is 0 Å². The molecule has 3 nitrogen and oxygen atoms in total. The van der Waals surface area contributed by atoms with Crippen molar-refractivity contribution < 1.29 is 4.79 Å². The van der Waals surface area contributed by atoms with Gasteiger partial charge in [0.1, 0.15) is 0 Å². The number of carbonyl (C=O) groups excluding carboxylic acids is 1. The van der Waals surface area contributed by atoms with E-state index in [9.17, 15) is 4.79 Å². The van der Waals surface area contributed by atoms with Crippen LogP contribution < -0.4 is 5.32 Å². The predicted octanol–water partition coefficient (Wildman–Crippen LogP) is 2.06. The molecule has 0 spiro atoms. The van der Waals surface area contributed by atoms with Crippen molar-refractivity contribution in [3.05, 3.63) is 0 Å². The van der Waals surface area contributed by atoms with E-state index >= 15 is 0 Å². The highest BCUT2D eigenvalue weighted by Gasteiger charge is 2.16. The predicted molar refractivity (Wildman–Crippen MR) is 70.0 cm³/mol. The Morgan fingerprint density at radius 2 is 1.81 bits per heavy atom. The van der Waals surface area contributed by atoms with E-state index in [1.165, 1.54) is 12.8 Å². The highest BCUT2D eigenvalue weighted by atomic mass is 35.5. The van der Waals surface area contributed by atoms with Crippen molar-refractivity contribution in [1.82, 2.24) is 10.2 Å². The van der Waals surface area contributed by atoms with Crippen molar-refractivity contribution in [1.29, 1.82) is 0 Å². The molecule has 1 fully saturated rings. The summed E-state index contributed by atoms with van der Waals surface area (Å²) in [4.78, 5) is 13.7. The number of halogens is 1. The lowest BCUT2D eigenvalue weighted by Gasteiger charge is -2.24. The van der Waals surface area contributed by atoms with E-state index in [0.29, 0.717) is 5.91 Å². The fraction of sp³-hybridized carbons (Fsp3) is 0.917. The van der Waals surface area contributed by atoms with Gasteiger partial charge in [-0.1, -0.05) is 0 Å². The maximum Gasteiger partial charge on any atom is 0.222 e.